The molecule has 2 rings (SSSR count). The van der Waals surface area contributed by atoms with Crippen LogP contribution in [0.1, 0.15) is 43.0 Å². The van der Waals surface area contributed by atoms with Gasteiger partial charge in [-0.05, 0) is 31.9 Å². The lowest BCUT2D eigenvalue weighted by atomic mass is 10.2. The van der Waals surface area contributed by atoms with Crippen LogP contribution in [0.2, 0.25) is 5.02 Å². The van der Waals surface area contributed by atoms with E-state index in [0.29, 0.717) is 10.6 Å². The van der Waals surface area contributed by atoms with E-state index in [1.54, 1.807) is 31.2 Å². The number of hydrogen-bond acceptors (Lipinski definition) is 2. The summed E-state index contributed by atoms with van der Waals surface area (Å²) in [6.45, 7) is 3.29. The van der Waals surface area contributed by atoms with Crippen LogP contribution in [0.3, 0.4) is 0 Å². The first-order valence-electron chi connectivity index (χ1n) is 7.44. The summed E-state index contributed by atoms with van der Waals surface area (Å²) in [6, 6.07) is 6.30. The fourth-order valence-corrected chi connectivity index (χ4v) is 2.77. The summed E-state index contributed by atoms with van der Waals surface area (Å²) in [6.07, 6.45) is 4.42. The molecule has 21 heavy (non-hydrogen) atoms. The van der Waals surface area contributed by atoms with Crippen molar-refractivity contribution >= 4 is 23.4 Å². The lowest BCUT2D eigenvalue weighted by molar-refractivity contribution is -0.132. The Morgan fingerprint density at radius 3 is 2.38 bits per heavy atom. The summed E-state index contributed by atoms with van der Waals surface area (Å²) in [5, 5.41) is 3.13. The van der Waals surface area contributed by atoms with Gasteiger partial charge in [0.05, 0.1) is 10.6 Å². The summed E-state index contributed by atoms with van der Waals surface area (Å²) < 4.78 is 0. The standard InChI is InChI=1S/C16H21ClN2O2/c1-12(16(21)19-10-6-2-3-7-11-19)18-15(20)13-8-4-5-9-14(13)17/h4-5,8-9,12H,2-3,6-7,10-11H2,1H3,(H,18,20)/t12-/m0/s1. The second-order valence-electron chi connectivity index (χ2n) is 5.41. The van der Waals surface area contributed by atoms with Gasteiger partial charge in [0.15, 0.2) is 0 Å². The molecule has 1 fully saturated rings. The molecule has 0 aromatic heterocycles. The first kappa shape index (κ1) is 15.8. The Morgan fingerprint density at radius 1 is 1.14 bits per heavy atom. The van der Waals surface area contributed by atoms with Crippen LogP contribution in [0.4, 0.5) is 0 Å². The number of nitrogens with one attached hydrogen (secondary N) is 1. The maximum Gasteiger partial charge on any atom is 0.253 e. The Balaban J connectivity index is 1.97. The highest BCUT2D eigenvalue weighted by atomic mass is 35.5. The minimum absolute atomic E-state index is 0.0164. The van der Waals surface area contributed by atoms with E-state index in [1.807, 2.05) is 4.90 Å². The van der Waals surface area contributed by atoms with Crippen molar-refractivity contribution in [3.05, 3.63) is 34.9 Å². The zero-order valence-corrected chi connectivity index (χ0v) is 13.0. The van der Waals surface area contributed by atoms with Crippen LogP contribution in [0.5, 0.6) is 0 Å². The molecule has 1 atom stereocenters. The van der Waals surface area contributed by atoms with Gasteiger partial charge in [0.1, 0.15) is 6.04 Å². The van der Waals surface area contributed by atoms with Crippen molar-refractivity contribution in [3.8, 4) is 0 Å². The number of likely N-dealkylation sites (tertiary alicyclic amines) is 1. The lowest BCUT2D eigenvalue weighted by Crippen LogP contribution is -2.47. The molecule has 1 aromatic rings. The van der Waals surface area contributed by atoms with Gasteiger partial charge in [0, 0.05) is 13.1 Å². The molecule has 0 radical (unpaired) electrons. The van der Waals surface area contributed by atoms with E-state index in [1.165, 1.54) is 12.8 Å². The molecule has 0 aliphatic carbocycles. The average molecular weight is 309 g/mol. The van der Waals surface area contributed by atoms with Gasteiger partial charge in [0.2, 0.25) is 5.91 Å². The summed E-state index contributed by atoms with van der Waals surface area (Å²) in [7, 11) is 0. The van der Waals surface area contributed by atoms with Crippen molar-refractivity contribution in [3.63, 3.8) is 0 Å². The van der Waals surface area contributed by atoms with Crippen LogP contribution in [0.15, 0.2) is 24.3 Å². The molecule has 1 N–H and O–H groups in total. The van der Waals surface area contributed by atoms with Crippen molar-refractivity contribution in [1.82, 2.24) is 10.2 Å². The average Bonchev–Trinajstić information content (AvgIpc) is 2.75. The van der Waals surface area contributed by atoms with E-state index in [0.717, 1.165) is 25.9 Å². The highest BCUT2D eigenvalue weighted by Crippen LogP contribution is 2.15. The zero-order chi connectivity index (χ0) is 15.2. The molecule has 5 heteroatoms. The van der Waals surface area contributed by atoms with E-state index < -0.39 is 6.04 Å². The highest BCUT2D eigenvalue weighted by Gasteiger charge is 2.23. The van der Waals surface area contributed by atoms with Crippen LogP contribution in [0.25, 0.3) is 0 Å². The predicted octanol–water partition coefficient (Wildman–Crippen LogP) is 2.86. The molecular weight excluding hydrogens is 288 g/mol. The normalized spacial score (nSPS) is 17.0. The molecule has 1 aromatic carbocycles. The Morgan fingerprint density at radius 2 is 1.76 bits per heavy atom. The van der Waals surface area contributed by atoms with Gasteiger partial charge < -0.3 is 10.2 Å². The summed E-state index contributed by atoms with van der Waals surface area (Å²) in [5.74, 6) is -0.325. The molecule has 0 spiro atoms. The maximum atomic E-state index is 12.4. The molecule has 0 saturated carbocycles. The Hall–Kier alpha value is -1.55. The zero-order valence-electron chi connectivity index (χ0n) is 12.3. The molecule has 2 amide bonds. The molecule has 114 valence electrons. The molecule has 1 aliphatic heterocycles. The number of hydrogen-bond donors (Lipinski definition) is 1. The van der Waals surface area contributed by atoms with Crippen molar-refractivity contribution in [2.24, 2.45) is 0 Å². The van der Waals surface area contributed by atoms with Crippen molar-refractivity contribution < 1.29 is 9.59 Å². The van der Waals surface area contributed by atoms with Gasteiger partial charge in [-0.25, -0.2) is 0 Å². The highest BCUT2D eigenvalue weighted by molar-refractivity contribution is 6.33. The Labute approximate surface area is 130 Å². The van der Waals surface area contributed by atoms with E-state index in [2.05, 4.69) is 5.32 Å². The molecule has 0 unspecified atom stereocenters. The minimum Gasteiger partial charge on any atom is -0.341 e. The van der Waals surface area contributed by atoms with Crippen molar-refractivity contribution in [1.29, 1.82) is 0 Å². The van der Waals surface area contributed by atoms with Gasteiger partial charge in [-0.1, -0.05) is 36.6 Å². The predicted molar refractivity (Wildman–Crippen MR) is 83.4 cm³/mol. The number of amides is 2. The Bertz CT molecular complexity index is 511. The van der Waals surface area contributed by atoms with Gasteiger partial charge >= 0.3 is 0 Å². The molecule has 1 saturated heterocycles. The minimum atomic E-state index is -0.535. The number of rotatable bonds is 3. The molecule has 1 heterocycles. The monoisotopic (exact) mass is 308 g/mol. The summed E-state index contributed by atoms with van der Waals surface area (Å²) in [5.41, 5.74) is 0.398. The number of halogens is 1. The SMILES string of the molecule is C[C@H](NC(=O)c1ccccc1Cl)C(=O)N1CCCCCC1. The fourth-order valence-electron chi connectivity index (χ4n) is 2.55. The third-order valence-electron chi connectivity index (χ3n) is 3.75. The van der Waals surface area contributed by atoms with Crippen LogP contribution in [-0.4, -0.2) is 35.8 Å². The van der Waals surface area contributed by atoms with Gasteiger partial charge in [-0.2, -0.15) is 0 Å². The van der Waals surface area contributed by atoms with E-state index in [9.17, 15) is 9.59 Å². The smallest absolute Gasteiger partial charge is 0.253 e. The van der Waals surface area contributed by atoms with E-state index >= 15 is 0 Å². The third-order valence-corrected chi connectivity index (χ3v) is 4.08. The fraction of sp³-hybridized carbons (Fsp3) is 0.500. The lowest BCUT2D eigenvalue weighted by Gasteiger charge is -2.24. The summed E-state index contributed by atoms with van der Waals surface area (Å²) in [4.78, 5) is 26.4. The topological polar surface area (TPSA) is 49.4 Å². The second kappa shape index (κ2) is 7.46. The first-order chi connectivity index (χ1) is 10.1. The largest absolute Gasteiger partial charge is 0.341 e. The number of carbonyl (C=O) groups is 2. The number of carbonyl (C=O) groups excluding carboxylic acids is 2. The van der Waals surface area contributed by atoms with Gasteiger partial charge in [0.25, 0.3) is 5.91 Å². The van der Waals surface area contributed by atoms with Gasteiger partial charge in [-0.3, -0.25) is 9.59 Å². The molecule has 1 aliphatic rings. The van der Waals surface area contributed by atoms with E-state index in [-0.39, 0.29) is 11.8 Å². The van der Waals surface area contributed by atoms with Crippen LogP contribution >= 0.6 is 11.6 Å². The maximum absolute atomic E-state index is 12.4. The molecule has 4 nitrogen and oxygen atoms in total. The van der Waals surface area contributed by atoms with Crippen LogP contribution in [0, 0.1) is 0 Å². The van der Waals surface area contributed by atoms with Crippen molar-refractivity contribution in [2.75, 3.05) is 13.1 Å². The quantitative estimate of drug-likeness (QED) is 0.933. The number of nitrogens with zero attached hydrogens (tertiary/aromatic N) is 1. The van der Waals surface area contributed by atoms with E-state index in [4.69, 9.17) is 11.6 Å². The van der Waals surface area contributed by atoms with Crippen LogP contribution < -0.4 is 5.32 Å². The molecule has 0 bridgehead atoms. The molecular formula is C16H21ClN2O2. The van der Waals surface area contributed by atoms with Crippen molar-refractivity contribution in [2.45, 2.75) is 38.6 Å². The summed E-state index contributed by atoms with van der Waals surface area (Å²) >= 11 is 6.00. The van der Waals surface area contributed by atoms with Gasteiger partial charge in [-0.15, -0.1) is 0 Å². The number of benzene rings is 1. The first-order valence-corrected chi connectivity index (χ1v) is 7.81. The second-order valence-corrected chi connectivity index (χ2v) is 5.82. The Kier molecular flexibility index (Phi) is 5.62. The van der Waals surface area contributed by atoms with Crippen LogP contribution in [-0.2, 0) is 4.79 Å². The third kappa shape index (κ3) is 4.21.